The molecule has 2 nitrogen and oxygen atoms in total. The van der Waals surface area contributed by atoms with Crippen LogP contribution in [0.1, 0.15) is 16.6 Å². The minimum Gasteiger partial charge on any atom is -0.149 e. The van der Waals surface area contributed by atoms with Gasteiger partial charge in [-0.3, -0.25) is 0 Å². The van der Waals surface area contributed by atoms with Crippen molar-refractivity contribution >= 4 is 27.5 Å². The van der Waals surface area contributed by atoms with Gasteiger partial charge in [-0.1, -0.05) is 45.7 Å². The maximum absolute atomic E-state index is 10.2. The van der Waals surface area contributed by atoms with Gasteiger partial charge < -0.3 is 0 Å². The fourth-order valence-electron chi connectivity index (χ4n) is 0.911. The fourth-order valence-corrected chi connectivity index (χ4v) is 1.71. The van der Waals surface area contributed by atoms with E-state index < -0.39 is 5.50 Å². The third-order valence-electron chi connectivity index (χ3n) is 1.57. The number of nitroso groups, excluding NO2 is 1. The molecule has 0 radical (unpaired) electrons. The Bertz CT molecular complexity index is 303. The van der Waals surface area contributed by atoms with Gasteiger partial charge in [0.2, 0.25) is 0 Å². The molecule has 0 aliphatic carbocycles. The second-order valence-corrected chi connectivity index (χ2v) is 3.63. The second kappa shape index (κ2) is 4.01. The average molecular weight is 249 g/mol. The van der Waals surface area contributed by atoms with Crippen LogP contribution in [-0.2, 0) is 0 Å². The van der Waals surface area contributed by atoms with Gasteiger partial charge in [0, 0.05) is 10.0 Å². The Balaban J connectivity index is 3.15. The Morgan fingerprint density at radius 1 is 1.58 bits per heavy atom. The van der Waals surface area contributed by atoms with Crippen molar-refractivity contribution in [2.75, 3.05) is 0 Å². The summed E-state index contributed by atoms with van der Waals surface area (Å²) in [5.41, 5.74) is 0.952. The Kier molecular flexibility index (Phi) is 3.23. The molecule has 0 saturated carbocycles. The maximum Gasteiger partial charge on any atom is 0.191 e. The van der Waals surface area contributed by atoms with E-state index in [4.69, 9.17) is 11.6 Å². The van der Waals surface area contributed by atoms with Crippen molar-refractivity contribution in [1.29, 1.82) is 0 Å². The lowest BCUT2D eigenvalue weighted by Gasteiger charge is -2.05. The minimum atomic E-state index is -0.806. The number of alkyl halides is 1. The van der Waals surface area contributed by atoms with E-state index in [2.05, 4.69) is 21.1 Å². The molecule has 0 fully saturated rings. The van der Waals surface area contributed by atoms with Gasteiger partial charge in [0.1, 0.15) is 0 Å². The zero-order valence-corrected chi connectivity index (χ0v) is 8.76. The van der Waals surface area contributed by atoms with E-state index >= 15 is 0 Å². The molecule has 0 heterocycles. The molecule has 1 unspecified atom stereocenters. The molecule has 64 valence electrons. The molecule has 1 rings (SSSR count). The summed E-state index contributed by atoms with van der Waals surface area (Å²) in [6.07, 6.45) is 0. The third kappa shape index (κ3) is 1.84. The molecule has 12 heavy (non-hydrogen) atoms. The Labute approximate surface area is 84.0 Å². The summed E-state index contributed by atoms with van der Waals surface area (Å²) in [7, 11) is 0. The normalized spacial score (nSPS) is 12.6. The molecule has 0 amide bonds. The number of hydrogen-bond donors (Lipinski definition) is 0. The first-order valence-corrected chi connectivity index (χ1v) is 4.61. The van der Waals surface area contributed by atoms with E-state index in [1.165, 1.54) is 0 Å². The molecular weight excluding hydrogens is 241 g/mol. The molecular formula is C8H7BrClNO. The Morgan fingerprint density at radius 3 is 2.83 bits per heavy atom. The number of nitrogens with zero attached hydrogens (tertiary/aromatic N) is 1. The highest BCUT2D eigenvalue weighted by molar-refractivity contribution is 9.10. The van der Waals surface area contributed by atoms with Crippen molar-refractivity contribution in [2.24, 2.45) is 5.18 Å². The van der Waals surface area contributed by atoms with Crippen molar-refractivity contribution in [1.82, 2.24) is 0 Å². The van der Waals surface area contributed by atoms with Crippen LogP contribution in [0.3, 0.4) is 0 Å². The molecule has 0 spiro atoms. The number of benzene rings is 1. The molecule has 0 aromatic heterocycles. The first-order valence-electron chi connectivity index (χ1n) is 3.38. The predicted octanol–water partition coefficient (Wildman–Crippen LogP) is 3.76. The standard InChI is InChI=1S/C8H7BrClNO/c1-5-3-2-4-6(7(5)9)8(10)11-12/h2-4,8H,1H3. The van der Waals surface area contributed by atoms with Crippen LogP contribution < -0.4 is 0 Å². The van der Waals surface area contributed by atoms with E-state index in [0.717, 1.165) is 10.0 Å². The van der Waals surface area contributed by atoms with Gasteiger partial charge in [0.05, 0.1) is 0 Å². The first kappa shape index (κ1) is 9.68. The lowest BCUT2D eigenvalue weighted by Crippen LogP contribution is -1.89. The fraction of sp³-hybridized carbons (Fsp3) is 0.250. The lowest BCUT2D eigenvalue weighted by molar-refractivity contribution is 0.992. The van der Waals surface area contributed by atoms with Crippen LogP contribution in [0.2, 0.25) is 0 Å². The topological polar surface area (TPSA) is 29.4 Å². The number of rotatable bonds is 2. The van der Waals surface area contributed by atoms with Crippen molar-refractivity contribution in [3.8, 4) is 0 Å². The van der Waals surface area contributed by atoms with Gasteiger partial charge in [0.15, 0.2) is 5.50 Å². The van der Waals surface area contributed by atoms with Crippen LogP contribution >= 0.6 is 27.5 Å². The molecule has 1 aromatic rings. The van der Waals surface area contributed by atoms with Gasteiger partial charge in [-0.15, -0.1) is 4.91 Å². The van der Waals surface area contributed by atoms with Gasteiger partial charge in [0.25, 0.3) is 0 Å². The van der Waals surface area contributed by atoms with Gasteiger partial charge in [-0.2, -0.15) is 0 Å². The van der Waals surface area contributed by atoms with Crippen LogP contribution in [0.4, 0.5) is 0 Å². The quantitative estimate of drug-likeness (QED) is 0.445. The van der Waals surface area contributed by atoms with Crippen molar-refractivity contribution < 1.29 is 0 Å². The lowest BCUT2D eigenvalue weighted by atomic mass is 10.1. The van der Waals surface area contributed by atoms with Crippen LogP contribution in [0.25, 0.3) is 0 Å². The highest BCUT2D eigenvalue weighted by Gasteiger charge is 2.11. The number of hydrogen-bond acceptors (Lipinski definition) is 2. The van der Waals surface area contributed by atoms with Crippen LogP contribution in [0.15, 0.2) is 27.8 Å². The maximum atomic E-state index is 10.2. The SMILES string of the molecule is Cc1cccc(C(Cl)N=O)c1Br. The summed E-state index contributed by atoms with van der Waals surface area (Å²) in [5, 5.41) is 2.75. The van der Waals surface area contributed by atoms with Gasteiger partial charge in [-0.25, -0.2) is 0 Å². The van der Waals surface area contributed by atoms with E-state index in [0.29, 0.717) is 5.56 Å². The summed E-state index contributed by atoms with van der Waals surface area (Å²) in [4.78, 5) is 10.2. The highest BCUT2D eigenvalue weighted by Crippen LogP contribution is 2.30. The molecule has 1 aromatic carbocycles. The number of aryl methyl sites for hydroxylation is 1. The van der Waals surface area contributed by atoms with Gasteiger partial charge >= 0.3 is 0 Å². The predicted molar refractivity (Wildman–Crippen MR) is 53.3 cm³/mol. The highest BCUT2D eigenvalue weighted by atomic mass is 79.9. The number of halogens is 2. The smallest absolute Gasteiger partial charge is 0.149 e. The van der Waals surface area contributed by atoms with Crippen molar-refractivity contribution in [3.63, 3.8) is 0 Å². The zero-order chi connectivity index (χ0) is 9.14. The summed E-state index contributed by atoms with van der Waals surface area (Å²) < 4.78 is 0.851. The van der Waals surface area contributed by atoms with Crippen LogP contribution in [0, 0.1) is 11.8 Å². The van der Waals surface area contributed by atoms with E-state index in [1.807, 2.05) is 19.1 Å². The van der Waals surface area contributed by atoms with Crippen LogP contribution in [0.5, 0.6) is 0 Å². The molecule has 0 aliphatic heterocycles. The van der Waals surface area contributed by atoms with E-state index in [1.54, 1.807) is 6.07 Å². The Hall–Kier alpha value is -0.410. The van der Waals surface area contributed by atoms with Crippen LogP contribution in [-0.4, -0.2) is 0 Å². The van der Waals surface area contributed by atoms with Crippen molar-refractivity contribution in [3.05, 3.63) is 38.7 Å². The summed E-state index contributed by atoms with van der Waals surface area (Å²) in [6, 6.07) is 5.55. The molecule has 1 atom stereocenters. The van der Waals surface area contributed by atoms with E-state index in [-0.39, 0.29) is 0 Å². The minimum absolute atomic E-state index is 0.715. The summed E-state index contributed by atoms with van der Waals surface area (Å²) in [6.45, 7) is 1.93. The monoisotopic (exact) mass is 247 g/mol. The molecule has 4 heteroatoms. The van der Waals surface area contributed by atoms with Gasteiger partial charge in [-0.05, 0) is 17.7 Å². The summed E-state index contributed by atoms with van der Waals surface area (Å²) >= 11 is 9.00. The van der Waals surface area contributed by atoms with E-state index in [9.17, 15) is 4.91 Å². The second-order valence-electron chi connectivity index (χ2n) is 2.42. The Morgan fingerprint density at radius 2 is 2.25 bits per heavy atom. The summed E-state index contributed by atoms with van der Waals surface area (Å²) in [5.74, 6) is 0. The zero-order valence-electron chi connectivity index (χ0n) is 6.42. The molecule has 0 aliphatic rings. The largest absolute Gasteiger partial charge is 0.191 e. The van der Waals surface area contributed by atoms with Crippen molar-refractivity contribution in [2.45, 2.75) is 12.4 Å². The third-order valence-corrected chi connectivity index (χ3v) is 2.97. The molecule has 0 saturated heterocycles. The first-order chi connectivity index (χ1) is 5.66. The molecule has 0 N–H and O–H groups in total. The average Bonchev–Trinajstić information content (AvgIpc) is 2.08. The molecule has 0 bridgehead atoms.